The number of carbonyl (C=O) groups is 1. The number of hydrogen-bond acceptors (Lipinski definition) is 8. The molecule has 3 aromatic carbocycles. The van der Waals surface area contributed by atoms with E-state index in [9.17, 15) is 17.6 Å². The summed E-state index contributed by atoms with van der Waals surface area (Å²) in [4.78, 5) is 25.6. The molecule has 7 aromatic rings. The van der Waals surface area contributed by atoms with Gasteiger partial charge in [0.05, 0.1) is 57.5 Å². The van der Waals surface area contributed by atoms with Crippen molar-refractivity contribution < 1.29 is 35.5 Å². The van der Waals surface area contributed by atoms with Crippen LogP contribution in [0.4, 0.5) is 18.9 Å². The van der Waals surface area contributed by atoms with Gasteiger partial charge in [-0.1, -0.05) is 6.07 Å². The highest BCUT2D eigenvalue weighted by Crippen LogP contribution is 2.42. The number of amides is 1. The fourth-order valence-corrected chi connectivity index (χ4v) is 7.66. The number of sulfonamides is 1. The number of pyridine rings is 1. The number of benzene rings is 3. The summed E-state index contributed by atoms with van der Waals surface area (Å²) in [5, 5.41) is 3.16. The molecule has 0 atom stereocenters. The van der Waals surface area contributed by atoms with Crippen molar-refractivity contribution in [2.24, 2.45) is 0 Å². The zero-order chi connectivity index (χ0) is 37.6. The average Bonchev–Trinajstić information content (AvgIpc) is 3.69. The summed E-state index contributed by atoms with van der Waals surface area (Å²) in [5.41, 5.74) is 2.52. The summed E-state index contributed by atoms with van der Waals surface area (Å²) >= 11 is 0. The van der Waals surface area contributed by atoms with Gasteiger partial charge in [-0.05, 0) is 55.5 Å². The maximum Gasteiger partial charge on any atom is 0.255 e. The van der Waals surface area contributed by atoms with Crippen molar-refractivity contribution in [1.29, 1.82) is 0 Å². The van der Waals surface area contributed by atoms with Crippen LogP contribution >= 0.6 is 0 Å². The molecule has 0 unspecified atom stereocenters. The molecule has 0 aliphatic carbocycles. The Morgan fingerprint density at radius 3 is 2.45 bits per heavy atom. The number of rotatable bonds is 8. The number of ether oxygens (including phenoxy) is 1. The molecule has 0 saturated carbocycles. The Kier molecular flexibility index (Phi) is 8.01. The van der Waals surface area contributed by atoms with Crippen LogP contribution in [0.15, 0.2) is 71.1 Å². The molecule has 0 bridgehead atoms. The fraction of sp³-hybridized carbons (Fsp3) is 0.237. The molecule has 272 valence electrons. The minimum absolute atomic E-state index is 0.0406. The van der Waals surface area contributed by atoms with Crippen LogP contribution in [-0.4, -0.2) is 79.7 Å². The lowest BCUT2D eigenvalue weighted by Gasteiger charge is -2.46. The molecule has 11 nitrogen and oxygen atoms in total. The SMILES string of the molecule is CNC(=O)c1c(-c2ccc(F)cc2F)oc2cc(N(C)S(C)(=O)=O)c(-c3ccc4nc(CN5CC(C)(OC)C5)n5c6cccc(F)c6cc5c4n3)cc12. The van der Waals surface area contributed by atoms with Crippen LogP contribution in [0.2, 0.25) is 0 Å². The topological polar surface area (TPSA) is 122 Å². The molecule has 0 spiro atoms. The van der Waals surface area contributed by atoms with Gasteiger partial charge in [0.2, 0.25) is 10.0 Å². The van der Waals surface area contributed by atoms with E-state index in [1.54, 1.807) is 37.4 Å². The molecule has 1 saturated heterocycles. The monoisotopic (exact) mass is 742 g/mol. The Bertz CT molecular complexity index is 2780. The number of hydrogen-bond donors (Lipinski definition) is 1. The molecule has 15 heteroatoms. The van der Waals surface area contributed by atoms with Gasteiger partial charge >= 0.3 is 0 Å². The lowest BCUT2D eigenvalue weighted by atomic mass is 9.96. The first-order chi connectivity index (χ1) is 25.2. The van der Waals surface area contributed by atoms with Crippen LogP contribution < -0.4 is 9.62 Å². The van der Waals surface area contributed by atoms with Crippen molar-refractivity contribution in [3.8, 4) is 22.6 Å². The van der Waals surface area contributed by atoms with E-state index >= 15 is 8.78 Å². The Morgan fingerprint density at radius 1 is 0.981 bits per heavy atom. The van der Waals surface area contributed by atoms with E-state index in [4.69, 9.17) is 19.1 Å². The molecule has 1 fully saturated rings. The van der Waals surface area contributed by atoms with Crippen LogP contribution in [-0.2, 0) is 21.3 Å². The average molecular weight is 743 g/mol. The summed E-state index contributed by atoms with van der Waals surface area (Å²) in [6, 6.07) is 15.9. The summed E-state index contributed by atoms with van der Waals surface area (Å²) in [6.45, 7) is 3.88. The highest BCUT2D eigenvalue weighted by molar-refractivity contribution is 7.92. The first-order valence-corrected chi connectivity index (χ1v) is 18.4. The Balaban J connectivity index is 1.38. The maximum absolute atomic E-state index is 15.3. The number of likely N-dealkylation sites (tertiary alicyclic amines) is 1. The van der Waals surface area contributed by atoms with Crippen molar-refractivity contribution in [3.05, 3.63) is 95.6 Å². The van der Waals surface area contributed by atoms with E-state index in [0.29, 0.717) is 70.2 Å². The minimum atomic E-state index is -3.86. The van der Waals surface area contributed by atoms with E-state index in [-0.39, 0.29) is 39.1 Å². The molecule has 1 amide bonds. The van der Waals surface area contributed by atoms with Gasteiger partial charge in [0.15, 0.2) is 5.76 Å². The third kappa shape index (κ3) is 5.66. The number of nitrogens with zero attached hydrogens (tertiary/aromatic N) is 5. The van der Waals surface area contributed by atoms with Gasteiger partial charge in [-0.15, -0.1) is 0 Å². The van der Waals surface area contributed by atoms with Crippen molar-refractivity contribution in [2.45, 2.75) is 19.1 Å². The van der Waals surface area contributed by atoms with E-state index in [2.05, 4.69) is 10.2 Å². The molecule has 8 rings (SSSR count). The second-order valence-corrected chi connectivity index (χ2v) is 15.5. The molecule has 4 aromatic heterocycles. The van der Waals surface area contributed by atoms with Crippen molar-refractivity contribution in [3.63, 3.8) is 0 Å². The number of fused-ring (bicyclic) bond motifs is 6. The van der Waals surface area contributed by atoms with Gasteiger partial charge in [-0.2, -0.15) is 0 Å². The highest BCUT2D eigenvalue weighted by atomic mass is 32.2. The summed E-state index contributed by atoms with van der Waals surface area (Å²) in [7, 11) is 0.593. The second-order valence-electron chi connectivity index (χ2n) is 13.5. The van der Waals surface area contributed by atoms with Gasteiger partial charge in [0.25, 0.3) is 5.91 Å². The van der Waals surface area contributed by atoms with Crippen LogP contribution in [0.25, 0.3) is 61.0 Å². The molecule has 1 N–H and O–H groups in total. The smallest absolute Gasteiger partial charge is 0.255 e. The highest BCUT2D eigenvalue weighted by Gasteiger charge is 2.39. The zero-order valence-corrected chi connectivity index (χ0v) is 30.1. The third-order valence-corrected chi connectivity index (χ3v) is 11.1. The molecule has 5 heterocycles. The number of carbonyl (C=O) groups excluding carboxylic acids is 1. The minimum Gasteiger partial charge on any atom is -0.455 e. The zero-order valence-electron chi connectivity index (χ0n) is 29.3. The lowest BCUT2D eigenvalue weighted by Crippen LogP contribution is -2.60. The van der Waals surface area contributed by atoms with E-state index in [1.165, 1.54) is 32.3 Å². The Morgan fingerprint density at radius 2 is 1.75 bits per heavy atom. The van der Waals surface area contributed by atoms with Crippen LogP contribution in [0.3, 0.4) is 0 Å². The number of halogens is 3. The Hall–Kier alpha value is -5.51. The first kappa shape index (κ1) is 34.6. The van der Waals surface area contributed by atoms with Gasteiger partial charge in [-0.3, -0.25) is 18.4 Å². The standard InChI is InChI=1S/C38H33F3N6O5S/c1-38(51-4)18-46(19-38)17-33-43-28-12-11-27(44-35(28)31-15-22-25(40)7-6-8-29(22)47(31)33)23-14-24-32(16-30(23)45(3)53(5,49)50)52-36(34(24)37(48)42-2)21-10-9-20(39)13-26(21)41/h6-16H,17-19H2,1-5H3,(H,42,48). The van der Waals surface area contributed by atoms with Gasteiger partial charge < -0.3 is 14.5 Å². The van der Waals surface area contributed by atoms with Crippen molar-refractivity contribution in [2.75, 3.05) is 44.9 Å². The second kappa shape index (κ2) is 12.3. The molecule has 1 aliphatic rings. The maximum atomic E-state index is 15.3. The first-order valence-electron chi connectivity index (χ1n) is 16.6. The number of nitrogens with one attached hydrogen (secondary N) is 1. The molecule has 1 aliphatic heterocycles. The molecular formula is C38H33F3N6O5S. The quantitative estimate of drug-likeness (QED) is 0.187. The van der Waals surface area contributed by atoms with Gasteiger partial charge in [0, 0.05) is 62.8 Å². The van der Waals surface area contributed by atoms with Crippen molar-refractivity contribution in [1.82, 2.24) is 24.6 Å². The number of aromatic nitrogens is 3. The number of anilines is 1. The van der Waals surface area contributed by atoms with Crippen LogP contribution in [0.5, 0.6) is 0 Å². The van der Waals surface area contributed by atoms with Crippen LogP contribution in [0.1, 0.15) is 23.1 Å². The molecular weight excluding hydrogens is 710 g/mol. The van der Waals surface area contributed by atoms with Gasteiger partial charge in [-0.25, -0.2) is 31.6 Å². The largest absolute Gasteiger partial charge is 0.455 e. The van der Waals surface area contributed by atoms with Crippen molar-refractivity contribution >= 4 is 60.0 Å². The normalized spacial score (nSPS) is 14.7. The summed E-state index contributed by atoms with van der Waals surface area (Å²) in [6.07, 6.45) is 1.04. The van der Waals surface area contributed by atoms with E-state index in [0.717, 1.165) is 16.6 Å². The number of furan rings is 1. The van der Waals surface area contributed by atoms with Gasteiger partial charge in [0.1, 0.15) is 34.4 Å². The predicted molar refractivity (Wildman–Crippen MR) is 196 cm³/mol. The van der Waals surface area contributed by atoms with E-state index < -0.39 is 33.4 Å². The Labute approximate surface area is 301 Å². The predicted octanol–water partition coefficient (Wildman–Crippen LogP) is 6.51. The fourth-order valence-electron chi connectivity index (χ4n) is 7.15. The molecule has 0 radical (unpaired) electrons. The lowest BCUT2D eigenvalue weighted by molar-refractivity contribution is -0.115. The summed E-state index contributed by atoms with van der Waals surface area (Å²) < 4.78 is 84.8. The third-order valence-electron chi connectivity index (χ3n) is 9.94. The summed E-state index contributed by atoms with van der Waals surface area (Å²) in [5.74, 6) is -2.27. The number of methoxy groups -OCH3 is 1. The molecule has 53 heavy (non-hydrogen) atoms. The van der Waals surface area contributed by atoms with Crippen LogP contribution in [0, 0.1) is 17.5 Å². The van der Waals surface area contributed by atoms with E-state index in [1.807, 2.05) is 17.4 Å².